The summed E-state index contributed by atoms with van der Waals surface area (Å²) < 4.78 is 0. The predicted molar refractivity (Wildman–Crippen MR) is 83.2 cm³/mol. The molecule has 110 valence electrons. The highest BCUT2D eigenvalue weighted by Crippen LogP contribution is 2.34. The number of amides is 1. The van der Waals surface area contributed by atoms with Gasteiger partial charge in [-0.2, -0.15) is 0 Å². The summed E-state index contributed by atoms with van der Waals surface area (Å²) in [4.78, 5) is 16.7. The van der Waals surface area contributed by atoms with E-state index >= 15 is 0 Å². The van der Waals surface area contributed by atoms with Gasteiger partial charge in [0.15, 0.2) is 0 Å². The van der Waals surface area contributed by atoms with Crippen molar-refractivity contribution in [1.82, 2.24) is 10.3 Å². The first-order chi connectivity index (χ1) is 10.3. The molecule has 1 heterocycles. The van der Waals surface area contributed by atoms with Crippen LogP contribution in [0.4, 0.5) is 0 Å². The van der Waals surface area contributed by atoms with Crippen molar-refractivity contribution in [2.45, 2.75) is 25.3 Å². The molecule has 1 aromatic carbocycles. The van der Waals surface area contributed by atoms with Gasteiger partial charge in [0.25, 0.3) is 5.91 Å². The Morgan fingerprint density at radius 2 is 2.14 bits per heavy atom. The number of rotatable bonds is 6. The fraction of sp³-hybridized carbons (Fsp3) is 0.375. The van der Waals surface area contributed by atoms with Crippen molar-refractivity contribution in [2.75, 3.05) is 6.61 Å². The first-order valence-electron chi connectivity index (χ1n) is 7.20. The number of thiazole rings is 1. The molecule has 5 heteroatoms. The zero-order valence-electron chi connectivity index (χ0n) is 11.7. The van der Waals surface area contributed by atoms with Crippen molar-refractivity contribution in [3.8, 4) is 10.6 Å². The van der Waals surface area contributed by atoms with Crippen LogP contribution >= 0.6 is 11.3 Å². The summed E-state index contributed by atoms with van der Waals surface area (Å²) >= 11 is 1.47. The summed E-state index contributed by atoms with van der Waals surface area (Å²) in [6.07, 6.45) is 2.89. The van der Waals surface area contributed by atoms with Crippen molar-refractivity contribution in [1.29, 1.82) is 0 Å². The number of hydrogen-bond donors (Lipinski definition) is 2. The molecule has 2 N–H and O–H groups in total. The van der Waals surface area contributed by atoms with Crippen molar-refractivity contribution in [3.63, 3.8) is 0 Å². The fourth-order valence-electron chi connectivity index (χ4n) is 2.40. The molecule has 0 radical (unpaired) electrons. The van der Waals surface area contributed by atoms with Crippen LogP contribution in [-0.4, -0.2) is 28.6 Å². The Morgan fingerprint density at radius 1 is 1.38 bits per heavy atom. The number of carbonyl (C=O) groups excluding carboxylic acids is 1. The van der Waals surface area contributed by atoms with Crippen LogP contribution < -0.4 is 5.32 Å². The van der Waals surface area contributed by atoms with Crippen LogP contribution in [0.25, 0.3) is 10.6 Å². The van der Waals surface area contributed by atoms with Crippen LogP contribution in [0.3, 0.4) is 0 Å². The van der Waals surface area contributed by atoms with E-state index in [1.807, 2.05) is 30.3 Å². The number of aliphatic hydroxyl groups excluding tert-OH is 1. The quantitative estimate of drug-likeness (QED) is 0.862. The predicted octanol–water partition coefficient (Wildman–Crippen LogP) is 2.70. The lowest BCUT2D eigenvalue weighted by Gasteiger charge is -2.16. The highest BCUT2D eigenvalue weighted by atomic mass is 32.1. The monoisotopic (exact) mass is 302 g/mol. The first kappa shape index (κ1) is 14.2. The number of nitrogens with one attached hydrogen (secondary N) is 1. The number of aromatic nitrogens is 1. The third kappa shape index (κ3) is 3.49. The number of hydrogen-bond acceptors (Lipinski definition) is 4. The molecule has 1 saturated carbocycles. The maximum Gasteiger partial charge on any atom is 0.271 e. The third-order valence-corrected chi connectivity index (χ3v) is 4.60. The maximum atomic E-state index is 12.3. The van der Waals surface area contributed by atoms with Gasteiger partial charge in [-0.05, 0) is 25.2 Å². The van der Waals surface area contributed by atoms with Crippen LogP contribution in [0.2, 0.25) is 0 Å². The zero-order valence-corrected chi connectivity index (χ0v) is 12.5. The van der Waals surface area contributed by atoms with Gasteiger partial charge in [-0.25, -0.2) is 4.98 Å². The second-order valence-electron chi connectivity index (χ2n) is 5.33. The van der Waals surface area contributed by atoms with Gasteiger partial charge in [0.05, 0.1) is 0 Å². The van der Waals surface area contributed by atoms with Crippen molar-refractivity contribution in [3.05, 3.63) is 41.4 Å². The maximum absolute atomic E-state index is 12.3. The average molecular weight is 302 g/mol. The Hall–Kier alpha value is -1.72. The van der Waals surface area contributed by atoms with E-state index in [-0.39, 0.29) is 18.6 Å². The van der Waals surface area contributed by atoms with Gasteiger partial charge in [0.2, 0.25) is 0 Å². The molecule has 0 bridgehead atoms. The standard InChI is InChI=1S/C16H18N2O2S/c19-9-8-13(11-6-7-11)17-15(20)14-10-21-16(18-14)12-4-2-1-3-5-12/h1-5,10-11,13,19H,6-9H2,(H,17,20). The van der Waals surface area contributed by atoms with E-state index in [9.17, 15) is 4.79 Å². The molecule has 1 aromatic heterocycles. The van der Waals surface area contributed by atoms with E-state index in [0.29, 0.717) is 18.0 Å². The van der Waals surface area contributed by atoms with Crippen LogP contribution in [-0.2, 0) is 0 Å². The average Bonchev–Trinajstić information content (AvgIpc) is 3.24. The molecule has 0 aliphatic heterocycles. The lowest BCUT2D eigenvalue weighted by atomic mass is 10.1. The molecule has 1 amide bonds. The lowest BCUT2D eigenvalue weighted by molar-refractivity contribution is 0.0920. The Labute approximate surface area is 127 Å². The second kappa shape index (κ2) is 6.37. The van der Waals surface area contributed by atoms with E-state index in [4.69, 9.17) is 5.11 Å². The van der Waals surface area contributed by atoms with Gasteiger partial charge >= 0.3 is 0 Å². The highest BCUT2D eigenvalue weighted by Gasteiger charge is 2.32. The highest BCUT2D eigenvalue weighted by molar-refractivity contribution is 7.13. The first-order valence-corrected chi connectivity index (χ1v) is 8.08. The second-order valence-corrected chi connectivity index (χ2v) is 6.19. The lowest BCUT2D eigenvalue weighted by Crippen LogP contribution is -2.37. The number of aliphatic hydroxyl groups is 1. The summed E-state index contributed by atoms with van der Waals surface area (Å²) in [6.45, 7) is 0.105. The summed E-state index contributed by atoms with van der Waals surface area (Å²) in [5.74, 6) is 0.382. The summed E-state index contributed by atoms with van der Waals surface area (Å²) in [5.41, 5.74) is 1.48. The van der Waals surface area contributed by atoms with Gasteiger partial charge in [-0.1, -0.05) is 30.3 Å². The topological polar surface area (TPSA) is 62.2 Å². The minimum Gasteiger partial charge on any atom is -0.396 e. The minimum atomic E-state index is -0.140. The van der Waals surface area contributed by atoms with Crippen LogP contribution in [0.5, 0.6) is 0 Å². The normalized spacial score (nSPS) is 15.7. The Morgan fingerprint density at radius 3 is 2.81 bits per heavy atom. The number of nitrogens with zero attached hydrogens (tertiary/aromatic N) is 1. The zero-order chi connectivity index (χ0) is 14.7. The molecule has 21 heavy (non-hydrogen) atoms. The van der Waals surface area contributed by atoms with Crippen molar-refractivity contribution < 1.29 is 9.90 Å². The van der Waals surface area contributed by atoms with Crippen molar-refractivity contribution in [2.24, 2.45) is 5.92 Å². The smallest absolute Gasteiger partial charge is 0.271 e. The largest absolute Gasteiger partial charge is 0.396 e. The van der Waals surface area contributed by atoms with E-state index in [1.165, 1.54) is 11.3 Å². The molecule has 1 aliphatic carbocycles. The minimum absolute atomic E-state index is 0.0735. The molecule has 4 nitrogen and oxygen atoms in total. The molecule has 0 spiro atoms. The molecule has 2 aromatic rings. The molecule has 1 unspecified atom stereocenters. The van der Waals surface area contributed by atoms with Gasteiger partial charge in [0.1, 0.15) is 10.7 Å². The molecular weight excluding hydrogens is 284 g/mol. The molecular formula is C16H18N2O2S. The van der Waals surface area contributed by atoms with Gasteiger partial charge < -0.3 is 10.4 Å². The van der Waals surface area contributed by atoms with Gasteiger partial charge in [-0.3, -0.25) is 4.79 Å². The molecule has 3 rings (SSSR count). The molecule has 0 saturated heterocycles. The van der Waals surface area contributed by atoms with E-state index in [2.05, 4.69) is 10.3 Å². The molecule has 1 aliphatic rings. The summed E-state index contributed by atoms with van der Waals surface area (Å²) in [6, 6.07) is 9.92. The van der Waals surface area contributed by atoms with Gasteiger partial charge in [-0.15, -0.1) is 11.3 Å². The summed E-state index contributed by atoms with van der Waals surface area (Å²) in [7, 11) is 0. The molecule has 1 fully saturated rings. The Bertz CT molecular complexity index is 608. The van der Waals surface area contributed by atoms with E-state index < -0.39 is 0 Å². The summed E-state index contributed by atoms with van der Waals surface area (Å²) in [5, 5.41) is 14.7. The number of benzene rings is 1. The molecule has 1 atom stereocenters. The SMILES string of the molecule is O=C(NC(CCO)C1CC1)c1csc(-c2ccccc2)n1. The van der Waals surface area contributed by atoms with Crippen molar-refractivity contribution >= 4 is 17.2 Å². The number of carbonyl (C=O) groups is 1. The Kier molecular flexibility index (Phi) is 4.31. The van der Waals surface area contributed by atoms with Crippen LogP contribution in [0, 0.1) is 5.92 Å². The van der Waals surface area contributed by atoms with Crippen LogP contribution in [0.1, 0.15) is 29.8 Å². The van der Waals surface area contributed by atoms with Gasteiger partial charge in [0, 0.05) is 23.6 Å². The van der Waals surface area contributed by atoms with Crippen LogP contribution in [0.15, 0.2) is 35.7 Å². The van der Waals surface area contributed by atoms with E-state index in [0.717, 1.165) is 23.4 Å². The Balaban J connectivity index is 1.69. The fourth-order valence-corrected chi connectivity index (χ4v) is 3.20. The van der Waals surface area contributed by atoms with E-state index in [1.54, 1.807) is 5.38 Å². The third-order valence-electron chi connectivity index (χ3n) is 3.71.